The maximum atomic E-state index is 5.39. The number of pyridine rings is 1. The average Bonchev–Trinajstić information content (AvgIpc) is 3.01. The van der Waals surface area contributed by atoms with Crippen LogP contribution in [-0.2, 0) is 4.74 Å². The molecule has 1 N–H and O–H groups in total. The molecule has 0 spiro atoms. The lowest BCUT2D eigenvalue weighted by Gasteiger charge is -2.10. The van der Waals surface area contributed by atoms with Crippen LogP contribution in [0, 0.1) is 19.8 Å². The molecule has 1 aliphatic rings. The van der Waals surface area contributed by atoms with E-state index in [0.717, 1.165) is 55.2 Å². The summed E-state index contributed by atoms with van der Waals surface area (Å²) in [5.41, 5.74) is 3.98. The summed E-state index contributed by atoms with van der Waals surface area (Å²) >= 11 is 0. The lowest BCUT2D eigenvalue weighted by atomic mass is 10.1. The molecule has 0 aliphatic carbocycles. The van der Waals surface area contributed by atoms with Crippen LogP contribution in [0.25, 0.3) is 11.3 Å². The van der Waals surface area contributed by atoms with Crippen LogP contribution in [0.3, 0.4) is 0 Å². The predicted molar refractivity (Wildman–Crippen MR) is 86.8 cm³/mol. The third-order valence-electron chi connectivity index (χ3n) is 4.02. The van der Waals surface area contributed by atoms with E-state index >= 15 is 0 Å². The molecule has 5 nitrogen and oxygen atoms in total. The zero-order valence-corrected chi connectivity index (χ0v) is 13.2. The summed E-state index contributed by atoms with van der Waals surface area (Å²) in [5.74, 6) is 1.34. The minimum absolute atomic E-state index is 0.666. The smallest absolute Gasteiger partial charge is 0.223 e. The van der Waals surface area contributed by atoms with Crippen molar-refractivity contribution in [2.45, 2.75) is 26.7 Å². The van der Waals surface area contributed by atoms with Crippen molar-refractivity contribution in [2.75, 3.05) is 25.1 Å². The van der Waals surface area contributed by atoms with Gasteiger partial charge in [0, 0.05) is 42.9 Å². The maximum Gasteiger partial charge on any atom is 0.223 e. The molecule has 0 saturated carbocycles. The number of aryl methyl sites for hydroxylation is 2. The van der Waals surface area contributed by atoms with Gasteiger partial charge in [0.2, 0.25) is 5.95 Å². The molecular weight excluding hydrogens is 276 g/mol. The van der Waals surface area contributed by atoms with Crippen molar-refractivity contribution in [3.63, 3.8) is 0 Å². The first kappa shape index (κ1) is 14.9. The highest BCUT2D eigenvalue weighted by Crippen LogP contribution is 2.21. The molecule has 1 saturated heterocycles. The van der Waals surface area contributed by atoms with E-state index in [9.17, 15) is 0 Å². The van der Waals surface area contributed by atoms with Crippen LogP contribution in [0.5, 0.6) is 0 Å². The monoisotopic (exact) mass is 298 g/mol. The van der Waals surface area contributed by atoms with Gasteiger partial charge in [-0.1, -0.05) is 0 Å². The minimum atomic E-state index is 0.666. The molecule has 1 aliphatic heterocycles. The van der Waals surface area contributed by atoms with E-state index in [2.05, 4.69) is 26.3 Å². The first-order chi connectivity index (χ1) is 10.7. The van der Waals surface area contributed by atoms with Crippen LogP contribution < -0.4 is 5.32 Å². The lowest BCUT2D eigenvalue weighted by molar-refractivity contribution is 0.185. The third-order valence-corrected chi connectivity index (χ3v) is 4.02. The van der Waals surface area contributed by atoms with Crippen LogP contribution >= 0.6 is 0 Å². The van der Waals surface area contributed by atoms with E-state index < -0.39 is 0 Å². The fraction of sp³-hybridized carbons (Fsp3) is 0.471. The second-order valence-electron chi connectivity index (χ2n) is 5.80. The Hall–Kier alpha value is -2.01. The van der Waals surface area contributed by atoms with E-state index in [-0.39, 0.29) is 0 Å². The van der Waals surface area contributed by atoms with Gasteiger partial charge in [-0.05, 0) is 50.8 Å². The number of hydrogen-bond donors (Lipinski definition) is 1. The number of aromatic nitrogens is 3. The number of hydrogen-bond acceptors (Lipinski definition) is 5. The average molecular weight is 298 g/mol. The SMILES string of the molecule is Cc1ccc(-c2ccnc(NCC[C@@H]3CCOC3)n2)c(C)n1. The van der Waals surface area contributed by atoms with Gasteiger partial charge in [0.15, 0.2) is 0 Å². The van der Waals surface area contributed by atoms with Gasteiger partial charge in [-0.25, -0.2) is 9.97 Å². The zero-order chi connectivity index (χ0) is 15.4. The maximum absolute atomic E-state index is 5.39. The number of nitrogens with one attached hydrogen (secondary N) is 1. The highest BCUT2D eigenvalue weighted by Gasteiger charge is 2.15. The molecule has 3 rings (SSSR count). The van der Waals surface area contributed by atoms with Gasteiger partial charge in [-0.15, -0.1) is 0 Å². The van der Waals surface area contributed by atoms with Gasteiger partial charge in [-0.2, -0.15) is 0 Å². The van der Waals surface area contributed by atoms with E-state index in [1.54, 1.807) is 6.20 Å². The predicted octanol–water partition coefficient (Wildman–Crippen LogP) is 2.99. The van der Waals surface area contributed by atoms with Crippen molar-refractivity contribution in [3.8, 4) is 11.3 Å². The molecule has 0 radical (unpaired) electrons. The highest BCUT2D eigenvalue weighted by atomic mass is 16.5. The Kier molecular flexibility index (Phi) is 4.63. The van der Waals surface area contributed by atoms with Gasteiger partial charge in [-0.3, -0.25) is 4.98 Å². The number of nitrogens with zero attached hydrogens (tertiary/aromatic N) is 3. The van der Waals surface area contributed by atoms with Crippen molar-refractivity contribution in [1.29, 1.82) is 0 Å². The molecule has 116 valence electrons. The van der Waals surface area contributed by atoms with Crippen LogP contribution in [-0.4, -0.2) is 34.7 Å². The molecule has 5 heteroatoms. The molecule has 2 aromatic rings. The second-order valence-corrected chi connectivity index (χ2v) is 5.80. The Morgan fingerprint density at radius 1 is 1.23 bits per heavy atom. The van der Waals surface area contributed by atoms with E-state index in [0.29, 0.717) is 11.9 Å². The molecule has 22 heavy (non-hydrogen) atoms. The summed E-state index contributed by atoms with van der Waals surface area (Å²) in [5, 5.41) is 3.31. The van der Waals surface area contributed by atoms with Crippen molar-refractivity contribution in [2.24, 2.45) is 5.92 Å². The fourth-order valence-corrected chi connectivity index (χ4v) is 2.75. The Morgan fingerprint density at radius 3 is 2.91 bits per heavy atom. The topological polar surface area (TPSA) is 59.9 Å². The summed E-state index contributed by atoms with van der Waals surface area (Å²) in [6, 6.07) is 6.01. The molecule has 1 fully saturated rings. The second kappa shape index (κ2) is 6.83. The molecule has 0 aromatic carbocycles. The Bertz CT molecular complexity index is 638. The minimum Gasteiger partial charge on any atom is -0.381 e. The number of anilines is 1. The van der Waals surface area contributed by atoms with Gasteiger partial charge < -0.3 is 10.1 Å². The largest absolute Gasteiger partial charge is 0.381 e. The summed E-state index contributed by atoms with van der Waals surface area (Å²) in [6.07, 6.45) is 4.05. The summed E-state index contributed by atoms with van der Waals surface area (Å²) in [6.45, 7) is 6.67. The first-order valence-electron chi connectivity index (χ1n) is 7.81. The van der Waals surface area contributed by atoms with Crippen LogP contribution in [0.15, 0.2) is 24.4 Å². The van der Waals surface area contributed by atoms with E-state index in [4.69, 9.17) is 4.74 Å². The highest BCUT2D eigenvalue weighted by molar-refractivity contribution is 5.62. The zero-order valence-electron chi connectivity index (χ0n) is 13.2. The van der Waals surface area contributed by atoms with Crippen LogP contribution in [0.1, 0.15) is 24.2 Å². The summed E-state index contributed by atoms with van der Waals surface area (Å²) in [7, 11) is 0. The van der Waals surface area contributed by atoms with E-state index in [1.165, 1.54) is 0 Å². The van der Waals surface area contributed by atoms with Crippen LogP contribution in [0.4, 0.5) is 5.95 Å². The molecular formula is C17H22N4O. The standard InChI is InChI=1S/C17H22N4O/c1-12-3-4-15(13(2)20-12)16-6-9-19-17(21-16)18-8-5-14-7-10-22-11-14/h3-4,6,9,14H,5,7-8,10-11H2,1-2H3,(H,18,19,21)/t14-/m1/s1. The van der Waals surface area contributed by atoms with Gasteiger partial charge in [0.25, 0.3) is 0 Å². The Labute approximate surface area is 131 Å². The first-order valence-corrected chi connectivity index (χ1v) is 7.81. The number of rotatable bonds is 5. The fourth-order valence-electron chi connectivity index (χ4n) is 2.75. The van der Waals surface area contributed by atoms with Crippen molar-refractivity contribution < 1.29 is 4.74 Å². The number of ether oxygens (including phenoxy) is 1. The summed E-state index contributed by atoms with van der Waals surface area (Å²) in [4.78, 5) is 13.4. The Morgan fingerprint density at radius 2 is 2.14 bits per heavy atom. The Balaban J connectivity index is 1.66. The molecule has 0 unspecified atom stereocenters. The van der Waals surface area contributed by atoms with E-state index in [1.807, 2.05) is 26.0 Å². The van der Waals surface area contributed by atoms with Crippen molar-refractivity contribution in [3.05, 3.63) is 35.8 Å². The molecule has 2 aromatic heterocycles. The third kappa shape index (κ3) is 3.60. The molecule has 0 bridgehead atoms. The quantitative estimate of drug-likeness (QED) is 0.919. The lowest BCUT2D eigenvalue weighted by Crippen LogP contribution is -2.11. The molecule has 0 amide bonds. The normalized spacial score (nSPS) is 17.6. The summed E-state index contributed by atoms with van der Waals surface area (Å²) < 4.78 is 5.39. The van der Waals surface area contributed by atoms with Crippen molar-refractivity contribution >= 4 is 5.95 Å². The molecule has 1 atom stereocenters. The molecule has 3 heterocycles. The van der Waals surface area contributed by atoms with Crippen molar-refractivity contribution in [1.82, 2.24) is 15.0 Å². The van der Waals surface area contributed by atoms with Gasteiger partial charge in [0.05, 0.1) is 5.69 Å². The van der Waals surface area contributed by atoms with Gasteiger partial charge >= 0.3 is 0 Å². The van der Waals surface area contributed by atoms with Gasteiger partial charge in [0.1, 0.15) is 0 Å². The van der Waals surface area contributed by atoms with Crippen LogP contribution in [0.2, 0.25) is 0 Å².